The zero-order chi connectivity index (χ0) is 18.0. The molecule has 2 aliphatic carbocycles. The van der Waals surface area contributed by atoms with E-state index in [2.05, 4.69) is 26.8 Å². The highest BCUT2D eigenvalue weighted by molar-refractivity contribution is 5.93. The Morgan fingerprint density at radius 3 is 2.72 bits per heavy atom. The van der Waals surface area contributed by atoms with Crippen molar-refractivity contribution in [1.29, 1.82) is 0 Å². The number of carbonyl (C=O) groups excluding carboxylic acids is 2. The first-order chi connectivity index (χ1) is 11.8. The minimum absolute atomic E-state index is 0.0188. The lowest BCUT2D eigenvalue weighted by molar-refractivity contribution is -0.152. The first-order valence-corrected chi connectivity index (χ1v) is 9.27. The van der Waals surface area contributed by atoms with Crippen molar-refractivity contribution in [3.05, 3.63) is 23.3 Å². The zero-order valence-corrected chi connectivity index (χ0v) is 15.1. The lowest BCUT2D eigenvalue weighted by atomic mass is 9.46. The lowest BCUT2D eigenvalue weighted by Gasteiger charge is -2.57. The third-order valence-corrected chi connectivity index (χ3v) is 7.54. The Kier molecular flexibility index (Phi) is 3.66. The van der Waals surface area contributed by atoms with Crippen LogP contribution < -0.4 is 0 Å². The van der Waals surface area contributed by atoms with Crippen molar-refractivity contribution in [1.82, 2.24) is 0 Å². The average molecular weight is 346 g/mol. The second-order valence-corrected chi connectivity index (χ2v) is 8.58. The summed E-state index contributed by atoms with van der Waals surface area (Å²) < 4.78 is 10.5. The number of esters is 2. The van der Waals surface area contributed by atoms with E-state index in [-0.39, 0.29) is 22.9 Å². The Bertz CT molecular complexity index is 692. The fraction of sp³-hybridized carbons (Fsp3) is 0.700. The Balaban J connectivity index is 1.63. The molecule has 0 aromatic rings. The van der Waals surface area contributed by atoms with Crippen LogP contribution in [0.25, 0.3) is 0 Å². The Morgan fingerprint density at radius 1 is 1.28 bits per heavy atom. The molecule has 6 atom stereocenters. The molecule has 0 spiro atoms. The maximum atomic E-state index is 12.3. The summed E-state index contributed by atoms with van der Waals surface area (Å²) in [4.78, 5) is 23.7. The first kappa shape index (κ1) is 16.8. The molecule has 2 fully saturated rings. The SMILES string of the molecule is C[C@H]1C[C@H]2OC(=O)C3=CCC[C@@H]([C@]1(C)CCC1=CC(=O)O[C@@H]1O)[C@]32C. The van der Waals surface area contributed by atoms with Crippen LogP contribution >= 0.6 is 0 Å². The highest BCUT2D eigenvalue weighted by Gasteiger charge is 2.64. The van der Waals surface area contributed by atoms with Gasteiger partial charge in [0, 0.05) is 22.6 Å². The van der Waals surface area contributed by atoms with E-state index in [4.69, 9.17) is 9.47 Å². The summed E-state index contributed by atoms with van der Waals surface area (Å²) in [6, 6.07) is 0. The van der Waals surface area contributed by atoms with Crippen molar-refractivity contribution in [3.63, 3.8) is 0 Å². The van der Waals surface area contributed by atoms with Gasteiger partial charge in [-0.25, -0.2) is 9.59 Å². The summed E-state index contributed by atoms with van der Waals surface area (Å²) >= 11 is 0. The molecule has 1 saturated carbocycles. The molecule has 0 aromatic heterocycles. The molecule has 5 heteroatoms. The number of aliphatic hydroxyl groups is 1. The smallest absolute Gasteiger partial charge is 0.334 e. The number of allylic oxidation sites excluding steroid dienone is 1. The predicted molar refractivity (Wildman–Crippen MR) is 90.1 cm³/mol. The molecule has 25 heavy (non-hydrogen) atoms. The summed E-state index contributed by atoms with van der Waals surface area (Å²) in [6.07, 6.45) is 6.69. The number of rotatable bonds is 3. The maximum absolute atomic E-state index is 12.3. The second-order valence-electron chi connectivity index (χ2n) is 8.58. The normalized spacial score (nSPS) is 45.4. The molecule has 1 saturated heterocycles. The maximum Gasteiger partial charge on any atom is 0.334 e. The van der Waals surface area contributed by atoms with Crippen molar-refractivity contribution in [3.8, 4) is 0 Å². The van der Waals surface area contributed by atoms with Crippen molar-refractivity contribution >= 4 is 11.9 Å². The van der Waals surface area contributed by atoms with Gasteiger partial charge in [-0.3, -0.25) is 0 Å². The zero-order valence-electron chi connectivity index (χ0n) is 15.1. The van der Waals surface area contributed by atoms with Crippen LogP contribution in [0.2, 0.25) is 0 Å². The Hall–Kier alpha value is -1.62. The third-order valence-electron chi connectivity index (χ3n) is 7.54. The molecule has 0 aromatic carbocycles. The van der Waals surface area contributed by atoms with Gasteiger partial charge in [-0.15, -0.1) is 0 Å². The van der Waals surface area contributed by atoms with E-state index in [1.807, 2.05) is 0 Å². The van der Waals surface area contributed by atoms with Gasteiger partial charge >= 0.3 is 11.9 Å². The molecule has 5 nitrogen and oxygen atoms in total. The number of aliphatic hydroxyl groups excluding tert-OH is 1. The third kappa shape index (κ3) is 2.24. The van der Waals surface area contributed by atoms with E-state index < -0.39 is 12.3 Å². The number of carbonyl (C=O) groups is 2. The molecule has 4 rings (SSSR count). The fourth-order valence-electron chi connectivity index (χ4n) is 5.83. The molecule has 0 amide bonds. The summed E-state index contributed by atoms with van der Waals surface area (Å²) in [5, 5.41) is 9.87. The molecule has 4 aliphatic rings. The van der Waals surface area contributed by atoms with Crippen LogP contribution in [-0.4, -0.2) is 29.4 Å². The monoisotopic (exact) mass is 346 g/mol. The van der Waals surface area contributed by atoms with Crippen molar-refractivity contribution in [2.24, 2.45) is 22.7 Å². The Labute approximate surface area is 148 Å². The van der Waals surface area contributed by atoms with Gasteiger partial charge in [0.05, 0.1) is 0 Å². The fourth-order valence-corrected chi connectivity index (χ4v) is 5.83. The van der Waals surface area contributed by atoms with E-state index in [0.717, 1.165) is 31.3 Å². The van der Waals surface area contributed by atoms with E-state index in [1.54, 1.807) is 0 Å². The molecule has 0 bridgehead atoms. The summed E-state index contributed by atoms with van der Waals surface area (Å²) in [6.45, 7) is 6.74. The quantitative estimate of drug-likeness (QED) is 0.796. The van der Waals surface area contributed by atoms with Gasteiger partial charge in [0.25, 0.3) is 0 Å². The largest absolute Gasteiger partial charge is 0.458 e. The van der Waals surface area contributed by atoms with Crippen molar-refractivity contribution in [2.75, 3.05) is 0 Å². The molecule has 2 aliphatic heterocycles. The van der Waals surface area contributed by atoms with E-state index in [9.17, 15) is 14.7 Å². The van der Waals surface area contributed by atoms with Gasteiger partial charge in [0.1, 0.15) is 6.10 Å². The topological polar surface area (TPSA) is 72.8 Å². The van der Waals surface area contributed by atoms with Crippen LogP contribution in [0.5, 0.6) is 0 Å². The van der Waals surface area contributed by atoms with Gasteiger partial charge in [0.2, 0.25) is 6.29 Å². The van der Waals surface area contributed by atoms with Gasteiger partial charge in [-0.05, 0) is 49.4 Å². The predicted octanol–water partition coefficient (Wildman–Crippen LogP) is 2.88. The van der Waals surface area contributed by atoms with Gasteiger partial charge in [0.15, 0.2) is 0 Å². The van der Waals surface area contributed by atoms with Crippen LogP contribution in [0.1, 0.15) is 52.9 Å². The summed E-state index contributed by atoms with van der Waals surface area (Å²) in [5.41, 5.74) is 1.33. The minimum atomic E-state index is -1.10. The van der Waals surface area contributed by atoms with E-state index >= 15 is 0 Å². The van der Waals surface area contributed by atoms with Crippen molar-refractivity contribution in [2.45, 2.75) is 65.3 Å². The summed E-state index contributed by atoms with van der Waals surface area (Å²) in [5.74, 6) is 0.156. The van der Waals surface area contributed by atoms with Crippen LogP contribution in [0, 0.1) is 22.7 Å². The minimum Gasteiger partial charge on any atom is -0.458 e. The van der Waals surface area contributed by atoms with Crippen molar-refractivity contribution < 1.29 is 24.2 Å². The summed E-state index contributed by atoms with van der Waals surface area (Å²) in [7, 11) is 0. The first-order valence-electron chi connectivity index (χ1n) is 9.27. The van der Waals surface area contributed by atoms with E-state index in [0.29, 0.717) is 23.8 Å². The van der Waals surface area contributed by atoms with Gasteiger partial charge < -0.3 is 14.6 Å². The molecule has 1 N–H and O–H groups in total. The molecule has 0 radical (unpaired) electrons. The lowest BCUT2D eigenvalue weighted by Crippen LogP contribution is -2.54. The molecular formula is C20H26O5. The molecular weight excluding hydrogens is 320 g/mol. The molecule has 2 heterocycles. The van der Waals surface area contributed by atoms with Crippen LogP contribution in [0.15, 0.2) is 23.3 Å². The van der Waals surface area contributed by atoms with Crippen LogP contribution in [0.4, 0.5) is 0 Å². The van der Waals surface area contributed by atoms with Gasteiger partial charge in [-0.2, -0.15) is 0 Å². The standard InChI is InChI=1S/C20H26O5/c1-11-9-15-20(3)13(18(23)24-15)5-4-6-14(20)19(11,2)8-7-12-10-16(21)25-17(12)22/h5,10-11,14-15,17,22H,4,6-9H2,1-3H3/t11-,14-,15+,17-,19+,20-/m0/s1. The number of hydrogen-bond donors (Lipinski definition) is 1. The average Bonchev–Trinajstić information content (AvgIpc) is 3.00. The number of ether oxygens (including phenoxy) is 2. The van der Waals surface area contributed by atoms with Gasteiger partial charge in [-0.1, -0.05) is 26.8 Å². The number of cyclic esters (lactones) is 1. The van der Waals surface area contributed by atoms with Crippen LogP contribution in [0.3, 0.4) is 0 Å². The highest BCUT2D eigenvalue weighted by atomic mass is 16.6. The Morgan fingerprint density at radius 2 is 2.04 bits per heavy atom. The highest BCUT2D eigenvalue weighted by Crippen LogP contribution is 2.65. The number of hydrogen-bond acceptors (Lipinski definition) is 5. The second kappa shape index (κ2) is 5.44. The molecule has 0 unspecified atom stereocenters. The van der Waals surface area contributed by atoms with Crippen LogP contribution in [-0.2, 0) is 19.1 Å². The van der Waals surface area contributed by atoms with E-state index in [1.165, 1.54) is 6.08 Å². The molecule has 136 valence electrons.